The van der Waals surface area contributed by atoms with Gasteiger partial charge in [-0.05, 0) is 19.1 Å². The lowest BCUT2D eigenvalue weighted by Crippen LogP contribution is -2.32. The lowest BCUT2D eigenvalue weighted by atomic mass is 10.5. The molecule has 7 nitrogen and oxygen atoms in total. The van der Waals surface area contributed by atoms with Crippen LogP contribution in [-0.2, 0) is 14.6 Å². The molecule has 0 aliphatic carbocycles. The summed E-state index contributed by atoms with van der Waals surface area (Å²) in [6.07, 6.45) is 0. The number of carboxylic acids is 1. The largest absolute Gasteiger partial charge is 0.475 e. The molecule has 1 amide bonds. The van der Waals surface area contributed by atoms with Crippen LogP contribution < -0.4 is 0 Å². The quantitative estimate of drug-likeness (QED) is 0.824. The third-order valence-electron chi connectivity index (χ3n) is 2.31. The van der Waals surface area contributed by atoms with E-state index in [0.717, 1.165) is 12.1 Å². The molecule has 0 aliphatic heterocycles. The zero-order chi connectivity index (χ0) is 13.9. The van der Waals surface area contributed by atoms with Gasteiger partial charge in [-0.1, -0.05) is 0 Å². The lowest BCUT2D eigenvalue weighted by Gasteiger charge is -2.13. The highest BCUT2D eigenvalue weighted by atomic mass is 32.2. The van der Waals surface area contributed by atoms with Crippen molar-refractivity contribution in [2.45, 2.75) is 12.0 Å². The van der Waals surface area contributed by atoms with Crippen LogP contribution in [0, 0.1) is 0 Å². The topological polar surface area (TPSA) is 105 Å². The van der Waals surface area contributed by atoms with Crippen LogP contribution in [0.2, 0.25) is 0 Å². The fourth-order valence-electron chi connectivity index (χ4n) is 1.12. The number of furan rings is 1. The van der Waals surface area contributed by atoms with Gasteiger partial charge in [-0.15, -0.1) is 0 Å². The Morgan fingerprint density at radius 3 is 2.44 bits per heavy atom. The molecule has 18 heavy (non-hydrogen) atoms. The summed E-state index contributed by atoms with van der Waals surface area (Å²) in [7, 11) is -2.47. The molecule has 0 aliphatic rings. The van der Waals surface area contributed by atoms with E-state index >= 15 is 0 Å². The maximum atomic E-state index is 11.8. The summed E-state index contributed by atoms with van der Waals surface area (Å²) in [5, 5.41) is 8.09. The van der Waals surface area contributed by atoms with E-state index < -0.39 is 38.3 Å². The van der Waals surface area contributed by atoms with Gasteiger partial charge in [0.05, 0.1) is 0 Å². The Morgan fingerprint density at radius 2 is 2.00 bits per heavy atom. The van der Waals surface area contributed by atoms with Crippen molar-refractivity contribution in [3.05, 3.63) is 17.9 Å². The number of carbonyl (C=O) groups excluding carboxylic acids is 1. The molecule has 1 N–H and O–H groups in total. The predicted octanol–water partition coefficient (Wildman–Crippen LogP) is 0.230. The molecule has 100 valence electrons. The third kappa shape index (κ3) is 3.10. The molecule has 8 heteroatoms. The Morgan fingerprint density at radius 1 is 1.39 bits per heavy atom. The normalized spacial score (nSPS) is 11.2. The van der Waals surface area contributed by atoms with E-state index in [-0.39, 0.29) is 0 Å². The van der Waals surface area contributed by atoms with E-state index in [2.05, 4.69) is 4.42 Å². The van der Waals surface area contributed by atoms with Gasteiger partial charge in [0.25, 0.3) is 0 Å². The summed E-state index contributed by atoms with van der Waals surface area (Å²) in [5.41, 5.74) is 0. The molecule has 1 heterocycles. The first-order chi connectivity index (χ1) is 8.27. The van der Waals surface area contributed by atoms with Gasteiger partial charge >= 0.3 is 5.97 Å². The van der Waals surface area contributed by atoms with Crippen LogP contribution >= 0.6 is 0 Å². The Labute approximate surface area is 104 Å². The Hall–Kier alpha value is -1.83. The molecule has 0 spiro atoms. The Bertz CT molecular complexity index is 559. The van der Waals surface area contributed by atoms with E-state index in [1.54, 1.807) is 6.92 Å². The molecule has 1 rings (SSSR count). The van der Waals surface area contributed by atoms with Crippen molar-refractivity contribution in [2.24, 2.45) is 0 Å². The SMILES string of the molecule is CCN(C)C(=O)CS(=O)(=O)c1ccc(C(=O)O)o1. The number of rotatable bonds is 5. The second-order valence-corrected chi connectivity index (χ2v) is 5.51. The number of amides is 1. The standard InChI is InChI=1S/C10H13NO6S/c1-3-11(2)8(12)6-18(15,16)9-5-4-7(17-9)10(13)14/h4-5H,3,6H2,1-2H3,(H,13,14). The third-order valence-corrected chi connectivity index (χ3v) is 3.77. The van der Waals surface area contributed by atoms with E-state index in [0.29, 0.717) is 6.54 Å². The molecule has 0 fully saturated rings. The molecule has 1 aromatic heterocycles. The average molecular weight is 275 g/mol. The van der Waals surface area contributed by atoms with Gasteiger partial charge in [-0.2, -0.15) is 0 Å². The minimum Gasteiger partial charge on any atom is -0.475 e. The first kappa shape index (κ1) is 14.2. The van der Waals surface area contributed by atoms with E-state index in [9.17, 15) is 18.0 Å². The maximum Gasteiger partial charge on any atom is 0.371 e. The Kier molecular flexibility index (Phi) is 4.12. The van der Waals surface area contributed by atoms with Gasteiger partial charge in [0.1, 0.15) is 5.75 Å². The summed E-state index contributed by atoms with van der Waals surface area (Å²) in [6, 6.07) is 2.06. The highest BCUT2D eigenvalue weighted by molar-refractivity contribution is 7.92. The molecule has 0 aromatic carbocycles. The number of carboxylic acid groups (broad SMARTS) is 1. The van der Waals surface area contributed by atoms with Crippen molar-refractivity contribution in [2.75, 3.05) is 19.3 Å². The Balaban J connectivity index is 2.93. The average Bonchev–Trinajstić information content (AvgIpc) is 2.77. The summed E-state index contributed by atoms with van der Waals surface area (Å²) in [4.78, 5) is 23.3. The second-order valence-electron chi connectivity index (χ2n) is 3.59. The molecule has 0 saturated heterocycles. The number of nitrogens with zero attached hydrogens (tertiary/aromatic N) is 1. The zero-order valence-electron chi connectivity index (χ0n) is 9.91. The fraction of sp³-hybridized carbons (Fsp3) is 0.400. The molecule has 0 bridgehead atoms. The number of hydrogen-bond donors (Lipinski definition) is 1. The van der Waals surface area contributed by atoms with E-state index in [1.165, 1.54) is 11.9 Å². The summed E-state index contributed by atoms with van der Waals surface area (Å²) >= 11 is 0. The monoisotopic (exact) mass is 275 g/mol. The molecule has 0 saturated carbocycles. The first-order valence-corrected chi connectivity index (χ1v) is 6.73. The second kappa shape index (κ2) is 5.21. The van der Waals surface area contributed by atoms with Crippen LogP contribution in [-0.4, -0.2) is 49.6 Å². The van der Waals surface area contributed by atoms with Crippen molar-refractivity contribution in [3.8, 4) is 0 Å². The van der Waals surface area contributed by atoms with Crippen molar-refractivity contribution in [1.29, 1.82) is 0 Å². The van der Waals surface area contributed by atoms with Crippen molar-refractivity contribution in [1.82, 2.24) is 4.90 Å². The molecular weight excluding hydrogens is 262 g/mol. The summed E-state index contributed by atoms with van der Waals surface area (Å²) < 4.78 is 28.2. The molecular formula is C10H13NO6S. The van der Waals surface area contributed by atoms with Crippen LogP contribution in [0.1, 0.15) is 17.5 Å². The van der Waals surface area contributed by atoms with Crippen molar-refractivity contribution in [3.63, 3.8) is 0 Å². The minimum absolute atomic E-state index is 0.382. The van der Waals surface area contributed by atoms with Gasteiger partial charge in [-0.3, -0.25) is 4.79 Å². The van der Waals surface area contributed by atoms with Gasteiger partial charge < -0.3 is 14.4 Å². The maximum absolute atomic E-state index is 11.8. The van der Waals surface area contributed by atoms with Crippen LogP contribution in [0.4, 0.5) is 0 Å². The molecule has 0 unspecified atom stereocenters. The zero-order valence-corrected chi connectivity index (χ0v) is 10.7. The number of aromatic carboxylic acids is 1. The number of carbonyl (C=O) groups is 2. The van der Waals surface area contributed by atoms with Gasteiger partial charge in [0.15, 0.2) is 0 Å². The highest BCUT2D eigenvalue weighted by Gasteiger charge is 2.25. The number of sulfone groups is 1. The lowest BCUT2D eigenvalue weighted by molar-refractivity contribution is -0.126. The first-order valence-electron chi connectivity index (χ1n) is 5.07. The molecule has 0 atom stereocenters. The predicted molar refractivity (Wildman–Crippen MR) is 61.0 cm³/mol. The smallest absolute Gasteiger partial charge is 0.371 e. The van der Waals surface area contributed by atoms with Gasteiger partial charge in [0.2, 0.25) is 26.6 Å². The summed E-state index contributed by atoms with van der Waals surface area (Å²) in [5.74, 6) is -3.17. The highest BCUT2D eigenvalue weighted by Crippen LogP contribution is 2.15. The minimum atomic E-state index is -3.95. The van der Waals surface area contributed by atoms with E-state index in [1.807, 2.05) is 0 Å². The molecule has 1 aromatic rings. The van der Waals surface area contributed by atoms with Gasteiger partial charge in [-0.25, -0.2) is 13.2 Å². The van der Waals surface area contributed by atoms with Crippen molar-refractivity contribution < 1.29 is 27.5 Å². The van der Waals surface area contributed by atoms with Crippen LogP contribution in [0.3, 0.4) is 0 Å². The van der Waals surface area contributed by atoms with Crippen LogP contribution in [0.15, 0.2) is 21.6 Å². The molecule has 0 radical (unpaired) electrons. The fourth-order valence-corrected chi connectivity index (χ4v) is 2.30. The number of hydrogen-bond acceptors (Lipinski definition) is 5. The van der Waals surface area contributed by atoms with Gasteiger partial charge in [0, 0.05) is 13.6 Å². The van der Waals surface area contributed by atoms with Crippen molar-refractivity contribution >= 4 is 21.7 Å². The summed E-state index contributed by atoms with van der Waals surface area (Å²) in [6.45, 7) is 2.09. The van der Waals surface area contributed by atoms with Crippen LogP contribution in [0.5, 0.6) is 0 Å². The van der Waals surface area contributed by atoms with E-state index in [4.69, 9.17) is 5.11 Å². The van der Waals surface area contributed by atoms with Crippen LogP contribution in [0.25, 0.3) is 0 Å².